The Kier molecular flexibility index (Phi) is 3.71. The summed E-state index contributed by atoms with van der Waals surface area (Å²) in [5.74, 6) is 3.24. The van der Waals surface area contributed by atoms with Gasteiger partial charge in [-0.1, -0.05) is 0 Å². The number of aromatic nitrogens is 3. The number of piperidine rings is 1. The van der Waals surface area contributed by atoms with Crippen molar-refractivity contribution in [2.24, 2.45) is 11.8 Å². The summed E-state index contributed by atoms with van der Waals surface area (Å²) < 4.78 is 13.1. The third-order valence-electron chi connectivity index (χ3n) is 7.28. The van der Waals surface area contributed by atoms with Gasteiger partial charge in [0.2, 0.25) is 0 Å². The molecule has 0 spiro atoms. The van der Waals surface area contributed by atoms with Crippen LogP contribution in [0.4, 0.5) is 5.82 Å². The van der Waals surface area contributed by atoms with Gasteiger partial charge in [-0.15, -0.1) is 0 Å². The monoisotopic (exact) mass is 381 g/mol. The lowest BCUT2D eigenvalue weighted by molar-refractivity contribution is -0.0610. The Hall–Kier alpha value is -2.12. The van der Waals surface area contributed by atoms with Gasteiger partial charge in [0.15, 0.2) is 11.6 Å². The zero-order chi connectivity index (χ0) is 18.8. The molecule has 2 saturated carbocycles. The van der Waals surface area contributed by atoms with Crippen molar-refractivity contribution in [1.82, 2.24) is 19.7 Å². The van der Waals surface area contributed by atoms with Crippen LogP contribution >= 0.6 is 0 Å². The quantitative estimate of drug-likeness (QED) is 0.856. The van der Waals surface area contributed by atoms with Gasteiger partial charge in [-0.3, -0.25) is 9.58 Å². The van der Waals surface area contributed by atoms with E-state index in [0.717, 1.165) is 36.3 Å². The summed E-state index contributed by atoms with van der Waals surface area (Å²) in [5.41, 5.74) is 9.28. The first kappa shape index (κ1) is 16.8. The van der Waals surface area contributed by atoms with Gasteiger partial charge in [-0.2, -0.15) is 5.10 Å². The van der Waals surface area contributed by atoms with E-state index in [1.165, 1.54) is 38.0 Å². The summed E-state index contributed by atoms with van der Waals surface area (Å²) in [6.07, 6.45) is 5.60. The van der Waals surface area contributed by atoms with E-state index in [1.54, 1.807) is 13.3 Å². The molecule has 4 aliphatic rings. The number of nitrogens with two attached hydrogens (primary N) is 1. The van der Waals surface area contributed by atoms with Crippen LogP contribution < -0.4 is 10.5 Å². The fourth-order valence-electron chi connectivity index (χ4n) is 5.21. The number of fused-ring (bicyclic) bond motifs is 1. The first-order valence-electron chi connectivity index (χ1n) is 10.4. The van der Waals surface area contributed by atoms with Crippen LogP contribution in [0.25, 0.3) is 11.3 Å². The minimum Gasteiger partial charge on any atom is -0.493 e. The smallest absolute Gasteiger partial charge is 0.166 e. The lowest BCUT2D eigenvalue weighted by Gasteiger charge is -2.36. The molecule has 148 valence electrons. The van der Waals surface area contributed by atoms with Crippen LogP contribution in [0.5, 0.6) is 5.75 Å². The molecule has 0 bridgehead atoms. The van der Waals surface area contributed by atoms with Crippen LogP contribution in [0.1, 0.15) is 36.9 Å². The highest BCUT2D eigenvalue weighted by Gasteiger charge is 2.59. The molecule has 2 aromatic heterocycles. The van der Waals surface area contributed by atoms with Crippen LogP contribution in [0.3, 0.4) is 0 Å². The van der Waals surface area contributed by atoms with Crippen LogP contribution in [0.15, 0.2) is 18.3 Å². The summed E-state index contributed by atoms with van der Waals surface area (Å²) in [6, 6.07) is 5.47. The van der Waals surface area contributed by atoms with Crippen molar-refractivity contribution in [2.75, 3.05) is 39.1 Å². The van der Waals surface area contributed by atoms with Crippen LogP contribution in [-0.2, 0) is 4.74 Å². The molecule has 7 nitrogen and oxygen atoms in total. The van der Waals surface area contributed by atoms with E-state index in [2.05, 4.69) is 20.6 Å². The van der Waals surface area contributed by atoms with Crippen molar-refractivity contribution < 1.29 is 9.47 Å². The molecule has 2 aromatic rings. The highest BCUT2D eigenvalue weighted by molar-refractivity contribution is 5.64. The van der Waals surface area contributed by atoms with E-state index < -0.39 is 0 Å². The van der Waals surface area contributed by atoms with E-state index in [1.807, 2.05) is 6.07 Å². The molecule has 0 unspecified atom stereocenters. The third kappa shape index (κ3) is 2.49. The van der Waals surface area contributed by atoms with E-state index in [4.69, 9.17) is 20.3 Å². The average molecular weight is 381 g/mol. The van der Waals surface area contributed by atoms with E-state index in [9.17, 15) is 0 Å². The maximum atomic E-state index is 5.89. The van der Waals surface area contributed by atoms with Crippen molar-refractivity contribution >= 4 is 5.82 Å². The number of likely N-dealkylation sites (tertiary alicyclic amines) is 1. The number of nitrogens with zero attached hydrogens (tertiary/aromatic N) is 4. The topological polar surface area (TPSA) is 78.4 Å². The molecule has 2 saturated heterocycles. The minimum absolute atomic E-state index is 0.418. The highest BCUT2D eigenvalue weighted by Crippen LogP contribution is 2.59. The average Bonchev–Trinajstić information content (AvgIpc) is 2.94. The molecule has 4 heterocycles. The molecular formula is C21H27N5O2. The zero-order valence-corrected chi connectivity index (χ0v) is 16.3. The third-order valence-corrected chi connectivity index (χ3v) is 7.28. The summed E-state index contributed by atoms with van der Waals surface area (Å²) in [6.45, 7) is 4.26. The Labute approximate surface area is 164 Å². The number of methoxy groups -OCH3 is 1. The zero-order valence-electron chi connectivity index (χ0n) is 16.3. The van der Waals surface area contributed by atoms with Crippen LogP contribution in [0, 0.1) is 11.8 Å². The Bertz CT molecular complexity index is 892. The summed E-state index contributed by atoms with van der Waals surface area (Å²) in [4.78, 5) is 6.93. The summed E-state index contributed by atoms with van der Waals surface area (Å²) >= 11 is 0. The van der Waals surface area contributed by atoms with E-state index >= 15 is 0 Å². The number of ether oxygens (including phenoxy) is 2. The van der Waals surface area contributed by atoms with Gasteiger partial charge in [0.05, 0.1) is 38.1 Å². The maximum absolute atomic E-state index is 5.89. The number of anilines is 1. The first-order valence-corrected chi connectivity index (χ1v) is 10.4. The van der Waals surface area contributed by atoms with E-state index in [-0.39, 0.29) is 0 Å². The van der Waals surface area contributed by atoms with Crippen LogP contribution in [-0.4, -0.2) is 59.1 Å². The second-order valence-corrected chi connectivity index (χ2v) is 8.79. The summed E-state index contributed by atoms with van der Waals surface area (Å²) in [7, 11) is 1.62. The molecule has 28 heavy (non-hydrogen) atoms. The number of hydrogen-bond donors (Lipinski definition) is 1. The van der Waals surface area contributed by atoms with Gasteiger partial charge in [0.1, 0.15) is 0 Å². The van der Waals surface area contributed by atoms with Gasteiger partial charge in [0.25, 0.3) is 0 Å². The van der Waals surface area contributed by atoms with Crippen molar-refractivity contribution in [1.29, 1.82) is 0 Å². The fraction of sp³-hybridized carbons (Fsp3) is 0.619. The number of nitrogen functional groups attached to an aromatic ring is 1. The summed E-state index contributed by atoms with van der Waals surface area (Å²) in [5, 5.41) is 5.02. The molecule has 0 aromatic carbocycles. The van der Waals surface area contributed by atoms with Crippen molar-refractivity contribution in [3.05, 3.63) is 24.0 Å². The van der Waals surface area contributed by atoms with Gasteiger partial charge in [-0.05, 0) is 43.2 Å². The molecule has 2 N–H and O–H groups in total. The Morgan fingerprint density at radius 2 is 1.93 bits per heavy atom. The van der Waals surface area contributed by atoms with E-state index in [0.29, 0.717) is 29.6 Å². The van der Waals surface area contributed by atoms with Crippen molar-refractivity contribution in [3.8, 4) is 17.0 Å². The Morgan fingerprint density at radius 3 is 2.54 bits per heavy atom. The molecule has 3 atom stereocenters. The maximum Gasteiger partial charge on any atom is 0.166 e. The second kappa shape index (κ2) is 6.19. The normalized spacial score (nSPS) is 30.0. The molecule has 2 aliphatic carbocycles. The lowest BCUT2D eigenvalue weighted by atomic mass is 9.93. The van der Waals surface area contributed by atoms with Gasteiger partial charge >= 0.3 is 0 Å². The molecule has 4 fully saturated rings. The van der Waals surface area contributed by atoms with Gasteiger partial charge < -0.3 is 15.2 Å². The predicted molar refractivity (Wildman–Crippen MR) is 105 cm³/mol. The highest BCUT2D eigenvalue weighted by atomic mass is 16.5. The molecule has 0 radical (unpaired) electrons. The second-order valence-electron chi connectivity index (χ2n) is 8.79. The standard InChI is InChI=1S/C21H27N5O2/c1-27-19-5-12(7-23-21(19)22)17-6-18(26(24-17)13-3-2-4-13)20-15-8-25(9-16(15)20)14-10-28-11-14/h5-7,13-16,20H,2-4,8-11H2,1H3,(H2,22,23)/t15-,16+,20-. The van der Waals surface area contributed by atoms with Gasteiger partial charge in [-0.25, -0.2) is 4.98 Å². The molecule has 6 rings (SSSR count). The Morgan fingerprint density at radius 1 is 1.14 bits per heavy atom. The number of rotatable bonds is 5. The number of pyridine rings is 1. The van der Waals surface area contributed by atoms with Crippen LogP contribution in [0.2, 0.25) is 0 Å². The molecule has 0 amide bonds. The van der Waals surface area contributed by atoms with Gasteiger partial charge in [0, 0.05) is 36.5 Å². The Balaban J connectivity index is 1.29. The predicted octanol–water partition coefficient (Wildman–Crippen LogP) is 2.30. The molecule has 2 aliphatic heterocycles. The first-order chi connectivity index (χ1) is 13.7. The molecule has 7 heteroatoms. The van der Waals surface area contributed by atoms with Crippen molar-refractivity contribution in [2.45, 2.75) is 37.3 Å². The SMILES string of the molecule is COc1cc(-c2cc([C@@H]3[C@@H]4CN(C5COC5)C[C@@H]43)n(C3CCC3)n2)cnc1N. The minimum atomic E-state index is 0.418. The number of hydrogen-bond acceptors (Lipinski definition) is 6. The molecular weight excluding hydrogens is 354 g/mol. The largest absolute Gasteiger partial charge is 0.493 e. The van der Waals surface area contributed by atoms with Crippen molar-refractivity contribution in [3.63, 3.8) is 0 Å². The fourth-order valence-corrected chi connectivity index (χ4v) is 5.21. The lowest BCUT2D eigenvalue weighted by Crippen LogP contribution is -2.48.